The molecule has 0 radical (unpaired) electrons. The minimum Gasteiger partial charge on any atom is -0.390 e. The van der Waals surface area contributed by atoms with Crippen molar-refractivity contribution in [2.24, 2.45) is 0 Å². The van der Waals surface area contributed by atoms with E-state index in [1.54, 1.807) is 0 Å². The van der Waals surface area contributed by atoms with E-state index in [-0.39, 0.29) is 35.1 Å². The molecule has 0 heterocycles. The summed E-state index contributed by atoms with van der Waals surface area (Å²) in [5.41, 5.74) is 0. The van der Waals surface area contributed by atoms with Crippen LogP contribution in [0.1, 0.15) is 194 Å². The van der Waals surface area contributed by atoms with Crippen molar-refractivity contribution in [1.82, 2.24) is 56.8 Å². The summed E-state index contributed by atoms with van der Waals surface area (Å²) >= 11 is 0. The van der Waals surface area contributed by atoms with Gasteiger partial charge in [-0.05, 0) is 157 Å². The lowest BCUT2D eigenvalue weighted by Gasteiger charge is -2.30. The monoisotopic (exact) mass is 1090 g/mol. The van der Waals surface area contributed by atoms with Gasteiger partial charge in [0, 0.05) is 130 Å². The molecule has 1 unspecified atom stereocenters. The number of aliphatic hydroxyl groups is 1. The fraction of sp³-hybridized carbons (Fsp3) is 0.898. The first kappa shape index (κ1) is 74.1. The van der Waals surface area contributed by atoms with Gasteiger partial charge in [0.2, 0.25) is 17.7 Å². The Morgan fingerprint density at radius 1 is 0.338 bits per heavy atom. The predicted molar refractivity (Wildman–Crippen MR) is 317 cm³/mol. The van der Waals surface area contributed by atoms with Crippen molar-refractivity contribution < 1.29 is 33.9 Å². The molecule has 0 saturated heterocycles. The Hall–Kier alpha value is -2.94. The standard InChI is InChI=1S/C59H119N11O7/c1-7-10-35-63-36-22-28-53(71)25-14-18-32-58(76)65-40-48-67(46-38-61-5)50-56(74)51-68(47-39-62-6)49-41-66-59(77)33-19-16-27-55(73)30-24-45-70(43-12-9-3)52-69(42-11-8-2)44-23-29-54(72)26-15-17-31-57(75)64-37-21-13-20-34-60-4/h56,60-63,74H,7-52H2,1-6H3,(H,64,75)(H,65,76)(H,66,77). The number of ketones is 3. The van der Waals surface area contributed by atoms with Crippen LogP contribution in [0.3, 0.4) is 0 Å². The Bertz CT molecular complexity index is 1450. The summed E-state index contributed by atoms with van der Waals surface area (Å²) in [5, 5.41) is 33.1. The molecule has 3 amide bonds. The average Bonchev–Trinajstić information content (AvgIpc) is 3.41. The van der Waals surface area contributed by atoms with Crippen LogP contribution in [0.25, 0.3) is 0 Å². The third-order valence-corrected chi connectivity index (χ3v) is 14.0. The summed E-state index contributed by atoms with van der Waals surface area (Å²) < 4.78 is 0. The van der Waals surface area contributed by atoms with Gasteiger partial charge in [0.15, 0.2) is 0 Å². The fourth-order valence-corrected chi connectivity index (χ4v) is 9.17. The van der Waals surface area contributed by atoms with Gasteiger partial charge in [0.1, 0.15) is 17.3 Å². The van der Waals surface area contributed by atoms with Crippen LogP contribution in [0.5, 0.6) is 0 Å². The molecule has 0 aliphatic carbocycles. The molecule has 1 atom stereocenters. The lowest BCUT2D eigenvalue weighted by molar-refractivity contribution is -0.122. The van der Waals surface area contributed by atoms with E-state index < -0.39 is 6.10 Å². The van der Waals surface area contributed by atoms with Crippen molar-refractivity contribution in [1.29, 1.82) is 0 Å². The Kier molecular flexibility index (Phi) is 52.9. The van der Waals surface area contributed by atoms with Gasteiger partial charge in [0.25, 0.3) is 0 Å². The van der Waals surface area contributed by atoms with Gasteiger partial charge in [-0.25, -0.2) is 0 Å². The van der Waals surface area contributed by atoms with Gasteiger partial charge in [-0.15, -0.1) is 0 Å². The summed E-state index contributed by atoms with van der Waals surface area (Å²) in [6, 6.07) is 0. The number of hydrogen-bond donors (Lipinski definition) is 8. The number of rotatable bonds is 60. The number of likely N-dealkylation sites (N-methyl/N-ethyl adjacent to an activating group) is 2. The van der Waals surface area contributed by atoms with Crippen molar-refractivity contribution in [3.8, 4) is 0 Å². The van der Waals surface area contributed by atoms with Crippen molar-refractivity contribution in [2.45, 2.75) is 200 Å². The summed E-state index contributed by atoms with van der Waals surface area (Å²) in [6.07, 6.45) is 20.7. The first-order valence-electron chi connectivity index (χ1n) is 31.0. The molecule has 0 aliphatic heterocycles. The molecule has 8 N–H and O–H groups in total. The minimum atomic E-state index is -0.617. The molecule has 0 aromatic heterocycles. The van der Waals surface area contributed by atoms with Crippen LogP contribution in [0.4, 0.5) is 0 Å². The molecule has 0 fully saturated rings. The maximum absolute atomic E-state index is 12.9. The number of hydrogen-bond acceptors (Lipinski definition) is 15. The first-order valence-corrected chi connectivity index (χ1v) is 31.0. The number of amides is 3. The van der Waals surface area contributed by atoms with E-state index in [2.05, 4.69) is 77.6 Å². The largest absolute Gasteiger partial charge is 0.390 e. The van der Waals surface area contributed by atoms with Crippen LogP contribution in [0, 0.1) is 0 Å². The number of aliphatic hydroxyl groups excluding tert-OH is 1. The number of carbonyl (C=O) groups is 6. The second-order valence-corrected chi connectivity index (χ2v) is 21.4. The number of Topliss-reactive ketones (excluding diaryl/α,β-unsaturated/α-hetero) is 3. The van der Waals surface area contributed by atoms with Crippen molar-refractivity contribution >= 4 is 35.1 Å². The van der Waals surface area contributed by atoms with Crippen LogP contribution in [0.15, 0.2) is 0 Å². The molecular formula is C59H119N11O7. The summed E-state index contributed by atoms with van der Waals surface area (Å²) in [7, 11) is 5.75. The Morgan fingerprint density at radius 2 is 0.688 bits per heavy atom. The first-order chi connectivity index (χ1) is 37.4. The van der Waals surface area contributed by atoms with E-state index in [4.69, 9.17) is 0 Å². The zero-order valence-electron chi connectivity index (χ0n) is 50.3. The Labute approximate surface area is 470 Å². The zero-order chi connectivity index (χ0) is 56.8. The number of unbranched alkanes of at least 4 members (excludes halogenated alkanes) is 8. The van der Waals surface area contributed by atoms with E-state index >= 15 is 0 Å². The topological polar surface area (TPSA) is 220 Å². The van der Waals surface area contributed by atoms with E-state index in [0.717, 1.165) is 182 Å². The number of nitrogens with one attached hydrogen (secondary N) is 7. The molecule has 18 nitrogen and oxygen atoms in total. The van der Waals surface area contributed by atoms with E-state index in [0.29, 0.717) is 116 Å². The lowest BCUT2D eigenvalue weighted by Crippen LogP contribution is -2.47. The minimum absolute atomic E-state index is 0.0123. The third-order valence-electron chi connectivity index (χ3n) is 14.0. The van der Waals surface area contributed by atoms with Gasteiger partial charge in [-0.2, -0.15) is 0 Å². The van der Waals surface area contributed by atoms with Crippen LogP contribution < -0.4 is 37.2 Å². The highest BCUT2D eigenvalue weighted by atomic mass is 16.3. The molecular weight excluding hydrogens is 975 g/mol. The molecule has 18 heteroatoms. The molecule has 452 valence electrons. The highest BCUT2D eigenvalue weighted by Crippen LogP contribution is 2.11. The van der Waals surface area contributed by atoms with Gasteiger partial charge in [-0.1, -0.05) is 46.5 Å². The van der Waals surface area contributed by atoms with Crippen LogP contribution >= 0.6 is 0 Å². The third kappa shape index (κ3) is 49.8. The maximum atomic E-state index is 12.9. The highest BCUT2D eigenvalue weighted by molar-refractivity contribution is 5.80. The van der Waals surface area contributed by atoms with Gasteiger partial charge < -0.3 is 42.3 Å². The summed E-state index contributed by atoms with van der Waals surface area (Å²) in [4.78, 5) is 84.7. The molecule has 0 rings (SSSR count). The van der Waals surface area contributed by atoms with Crippen molar-refractivity contribution in [2.75, 3.05) is 146 Å². The second kappa shape index (κ2) is 55.0. The Balaban J connectivity index is 4.60. The second-order valence-electron chi connectivity index (χ2n) is 21.4. The molecule has 0 aliphatic rings. The van der Waals surface area contributed by atoms with Crippen molar-refractivity contribution in [3.05, 3.63) is 0 Å². The summed E-state index contributed by atoms with van der Waals surface area (Å²) in [5.74, 6) is 0.851. The summed E-state index contributed by atoms with van der Waals surface area (Å²) in [6.45, 7) is 20.8. The normalized spacial score (nSPS) is 12.0. The fourth-order valence-electron chi connectivity index (χ4n) is 9.17. The molecule has 0 bridgehead atoms. The van der Waals surface area contributed by atoms with Crippen molar-refractivity contribution in [3.63, 3.8) is 0 Å². The van der Waals surface area contributed by atoms with Crippen LogP contribution in [-0.2, 0) is 28.8 Å². The predicted octanol–water partition coefficient (Wildman–Crippen LogP) is 5.41. The maximum Gasteiger partial charge on any atom is 0.220 e. The molecule has 0 saturated carbocycles. The smallest absolute Gasteiger partial charge is 0.220 e. The van der Waals surface area contributed by atoms with Gasteiger partial charge in [0.05, 0.1) is 12.8 Å². The average molecular weight is 1090 g/mol. The molecule has 0 aromatic rings. The lowest BCUT2D eigenvalue weighted by atomic mass is 10.1. The molecule has 77 heavy (non-hydrogen) atoms. The molecule has 0 aromatic carbocycles. The zero-order valence-corrected chi connectivity index (χ0v) is 50.3. The van der Waals surface area contributed by atoms with Gasteiger partial charge in [-0.3, -0.25) is 48.4 Å². The van der Waals surface area contributed by atoms with E-state index in [1.165, 1.54) is 0 Å². The SMILES string of the molecule is CCCCNCCCC(=O)CCCCC(=O)NCCN(CCNC)CC(O)CN(CCNC)CCNC(=O)CCCCC(=O)CCCN(CCCC)CN(CCCC)CCCC(=O)CCCCC(=O)NCCCCCNC. The number of carbonyl (C=O) groups excluding carboxylic acids is 6. The quantitative estimate of drug-likeness (QED) is 0.0282. The van der Waals surface area contributed by atoms with Gasteiger partial charge >= 0.3 is 0 Å². The highest BCUT2D eigenvalue weighted by Gasteiger charge is 2.18. The number of nitrogens with zero attached hydrogens (tertiary/aromatic N) is 4. The van der Waals surface area contributed by atoms with Crippen LogP contribution in [0.2, 0.25) is 0 Å². The molecule has 0 spiro atoms. The van der Waals surface area contributed by atoms with Crippen LogP contribution in [-0.4, -0.2) is 211 Å². The van der Waals surface area contributed by atoms with E-state index in [9.17, 15) is 33.9 Å². The Morgan fingerprint density at radius 3 is 1.12 bits per heavy atom. The van der Waals surface area contributed by atoms with E-state index in [1.807, 2.05) is 21.1 Å².